The number of hydrogen-bond donors (Lipinski definition) is 0. The number of allylic oxidation sites excluding steroid dienone is 2. The Hall–Kier alpha value is -3.73. The minimum absolute atomic E-state index is 0. The maximum atomic E-state index is 8.68. The van der Waals surface area contributed by atoms with Crippen molar-refractivity contribution in [2.45, 2.75) is 91.9 Å². The summed E-state index contributed by atoms with van der Waals surface area (Å²) in [7, 11) is 0. The minimum Gasteiger partial charge on any atom is -0.348 e. The summed E-state index contributed by atoms with van der Waals surface area (Å²) in [6.07, 6.45) is 16.3. The Bertz CT molecular complexity index is 1360. The first-order valence-electron chi connectivity index (χ1n) is 16.2. The fourth-order valence-electron chi connectivity index (χ4n) is 4.65. The van der Waals surface area contributed by atoms with Crippen molar-refractivity contribution in [3.8, 4) is 0 Å². The van der Waals surface area contributed by atoms with Crippen LogP contribution < -0.4 is 0 Å². The second kappa shape index (κ2) is 25.6. The molecule has 0 spiro atoms. The van der Waals surface area contributed by atoms with Crippen LogP contribution in [0.3, 0.4) is 0 Å². The molecule has 0 aliphatic rings. The van der Waals surface area contributed by atoms with Crippen LogP contribution in [0.2, 0.25) is 0 Å². The summed E-state index contributed by atoms with van der Waals surface area (Å²) in [5.41, 5.74) is 17.5. The van der Waals surface area contributed by atoms with Gasteiger partial charge in [-0.25, -0.2) is 0 Å². The van der Waals surface area contributed by atoms with Crippen LogP contribution in [-0.4, -0.2) is 10.7 Å². The fourth-order valence-corrected chi connectivity index (χ4v) is 4.65. The Kier molecular flexibility index (Phi) is 22.3. The SMILES string of the molecule is CCCCCCCCc1ccc(C(=CC=C=[N+]=[N-])c2ccc(CCCC)cc2)cc1.Cc1cc[c-]cc1.Cc1cc[c-]cc1.[Ni+2]. The Balaban J connectivity index is 0.000000548. The van der Waals surface area contributed by atoms with E-state index in [-0.39, 0.29) is 16.5 Å². The molecule has 0 atom stereocenters. The van der Waals surface area contributed by atoms with Crippen molar-refractivity contribution in [1.29, 1.82) is 0 Å². The van der Waals surface area contributed by atoms with Crippen molar-refractivity contribution < 1.29 is 21.3 Å². The van der Waals surface area contributed by atoms with Crippen molar-refractivity contribution in [3.63, 3.8) is 0 Å². The normalized spacial score (nSPS) is 10.1. The van der Waals surface area contributed by atoms with Crippen LogP contribution in [0, 0.1) is 26.0 Å². The molecule has 3 heteroatoms. The predicted molar refractivity (Wildman–Crippen MR) is 189 cm³/mol. The van der Waals surface area contributed by atoms with Gasteiger partial charge in [-0.15, -0.1) is 4.79 Å². The molecule has 45 heavy (non-hydrogen) atoms. The third kappa shape index (κ3) is 18.0. The number of benzene rings is 4. The van der Waals surface area contributed by atoms with E-state index < -0.39 is 0 Å². The topological polar surface area (TPSA) is 36.4 Å². The van der Waals surface area contributed by atoms with Gasteiger partial charge in [0.25, 0.3) is 5.87 Å². The molecule has 0 saturated carbocycles. The third-order valence-corrected chi connectivity index (χ3v) is 7.32. The van der Waals surface area contributed by atoms with Crippen molar-refractivity contribution >= 4 is 11.4 Å². The quantitative estimate of drug-likeness (QED) is 0.0265. The Morgan fingerprint density at radius 1 is 0.622 bits per heavy atom. The molecule has 0 unspecified atom stereocenters. The van der Waals surface area contributed by atoms with Crippen LogP contribution in [0.25, 0.3) is 11.1 Å². The van der Waals surface area contributed by atoms with E-state index in [4.69, 9.17) is 5.53 Å². The van der Waals surface area contributed by atoms with E-state index in [1.54, 1.807) is 6.08 Å². The zero-order valence-electron chi connectivity index (χ0n) is 27.7. The van der Waals surface area contributed by atoms with Crippen LogP contribution in [0.1, 0.15) is 98.6 Å². The van der Waals surface area contributed by atoms with Gasteiger partial charge in [0.05, 0.1) is 6.08 Å². The van der Waals surface area contributed by atoms with E-state index >= 15 is 0 Å². The molecule has 0 N–H and O–H groups in total. The summed E-state index contributed by atoms with van der Waals surface area (Å²) in [5.74, 6) is 2.50. The number of hydrogen-bond acceptors (Lipinski definition) is 0. The molecule has 0 aromatic heterocycles. The van der Waals surface area contributed by atoms with E-state index in [0.717, 1.165) is 24.0 Å². The maximum absolute atomic E-state index is 8.68. The van der Waals surface area contributed by atoms with Gasteiger partial charge >= 0.3 is 16.5 Å². The Labute approximate surface area is 283 Å². The largest absolute Gasteiger partial charge is 2.00 e. The molecule has 4 rings (SSSR count). The monoisotopic (exact) mass is 640 g/mol. The van der Waals surface area contributed by atoms with E-state index in [1.165, 1.54) is 79.2 Å². The molecular weight excluding hydrogens is 591 g/mol. The fraction of sp³-hybridized carbons (Fsp3) is 0.333. The molecule has 0 aliphatic heterocycles. The van der Waals surface area contributed by atoms with Crippen LogP contribution in [0.5, 0.6) is 0 Å². The number of unbranched alkanes of at least 4 members (excludes halogenated alkanes) is 6. The molecule has 4 aromatic carbocycles. The summed E-state index contributed by atoms with van der Waals surface area (Å²) in [6.45, 7) is 8.61. The molecule has 2 nitrogen and oxygen atoms in total. The van der Waals surface area contributed by atoms with Gasteiger partial charge in [0.2, 0.25) is 0 Å². The van der Waals surface area contributed by atoms with Gasteiger partial charge in [-0.2, -0.15) is 71.8 Å². The molecule has 4 aromatic rings. The first-order valence-corrected chi connectivity index (χ1v) is 16.2. The van der Waals surface area contributed by atoms with Crippen LogP contribution in [0.15, 0.2) is 109 Å². The summed E-state index contributed by atoms with van der Waals surface area (Å²) in [6, 6.07) is 39.3. The zero-order valence-corrected chi connectivity index (χ0v) is 28.7. The Morgan fingerprint density at radius 2 is 1.04 bits per heavy atom. The van der Waals surface area contributed by atoms with Gasteiger partial charge in [-0.05, 0) is 59.6 Å². The van der Waals surface area contributed by atoms with Gasteiger partial charge in [0, 0.05) is 0 Å². The molecule has 0 amide bonds. The standard InChI is InChI=1S/C28H36N2.2C7H7.Ni/c1-3-5-7-8-9-10-13-25-17-21-27(22-18-25)28(14-11-23-30-29)26-19-15-24(16-20-26)12-6-4-2;2*1-7-5-3-2-4-6-7;/h11,14-22H,3-10,12-13H2,1-2H3;2*3-6H,1H3;/q;2*-1;+2. The molecule has 0 fully saturated rings. The molecule has 0 heterocycles. The molecule has 0 radical (unpaired) electrons. The summed E-state index contributed by atoms with van der Waals surface area (Å²) in [4.78, 5) is 2.97. The van der Waals surface area contributed by atoms with Crippen LogP contribution in [-0.2, 0) is 29.3 Å². The average molecular weight is 642 g/mol. The summed E-state index contributed by atoms with van der Waals surface area (Å²) >= 11 is 0. The van der Waals surface area contributed by atoms with Gasteiger partial charge in [-0.3, -0.25) is 0 Å². The zero-order chi connectivity index (χ0) is 31.7. The first-order chi connectivity index (χ1) is 21.6. The van der Waals surface area contributed by atoms with Gasteiger partial charge in [-0.1, -0.05) is 115 Å². The van der Waals surface area contributed by atoms with Gasteiger partial charge in [0.15, 0.2) is 0 Å². The van der Waals surface area contributed by atoms with Crippen molar-refractivity contribution in [2.24, 2.45) is 0 Å². The maximum Gasteiger partial charge on any atom is 2.00 e. The molecular formula is C42H50N2Ni. The molecule has 0 bridgehead atoms. The number of nitrogens with zero attached hydrogens (tertiary/aromatic N) is 2. The molecule has 238 valence electrons. The number of rotatable bonds is 13. The summed E-state index contributed by atoms with van der Waals surface area (Å²) < 4.78 is 0. The number of aryl methyl sites for hydroxylation is 4. The van der Waals surface area contributed by atoms with Crippen LogP contribution >= 0.6 is 0 Å². The predicted octanol–water partition coefficient (Wildman–Crippen LogP) is 11.4. The van der Waals surface area contributed by atoms with Gasteiger partial charge < -0.3 is 5.53 Å². The Morgan fingerprint density at radius 3 is 1.44 bits per heavy atom. The second-order valence-corrected chi connectivity index (χ2v) is 11.1. The molecule has 0 saturated heterocycles. The minimum atomic E-state index is 0. The van der Waals surface area contributed by atoms with Gasteiger partial charge in [0.1, 0.15) is 0 Å². The van der Waals surface area contributed by atoms with E-state index in [1.807, 2.05) is 54.6 Å². The second-order valence-electron chi connectivity index (χ2n) is 11.1. The molecule has 0 aliphatic carbocycles. The van der Waals surface area contributed by atoms with E-state index in [0.29, 0.717) is 0 Å². The van der Waals surface area contributed by atoms with Crippen LogP contribution in [0.4, 0.5) is 0 Å². The van der Waals surface area contributed by atoms with E-state index in [2.05, 4.69) is 99.0 Å². The van der Waals surface area contributed by atoms with Crippen molar-refractivity contribution in [3.05, 3.63) is 160 Å². The smallest absolute Gasteiger partial charge is 0.348 e. The van der Waals surface area contributed by atoms with E-state index in [9.17, 15) is 0 Å². The first kappa shape index (κ1) is 39.3. The average Bonchev–Trinajstić information content (AvgIpc) is 3.06. The van der Waals surface area contributed by atoms with Crippen molar-refractivity contribution in [2.75, 3.05) is 0 Å². The van der Waals surface area contributed by atoms with Crippen molar-refractivity contribution in [1.82, 2.24) is 0 Å². The third-order valence-electron chi connectivity index (χ3n) is 7.32. The summed E-state index contributed by atoms with van der Waals surface area (Å²) in [5, 5.41) is 0.